The predicted octanol–water partition coefficient (Wildman–Crippen LogP) is 5.73. The van der Waals surface area contributed by atoms with Crippen LogP contribution in [0.1, 0.15) is 55.1 Å². The molecule has 0 bridgehead atoms. The molecular weight excluding hydrogens is 396 g/mol. The Morgan fingerprint density at radius 3 is 2.57 bits per heavy atom. The van der Waals surface area contributed by atoms with E-state index in [9.17, 15) is 9.59 Å². The molecule has 4 rings (SSSR count). The molecule has 0 N–H and O–H groups in total. The van der Waals surface area contributed by atoms with Crippen LogP contribution in [-0.4, -0.2) is 33.8 Å². The van der Waals surface area contributed by atoms with Gasteiger partial charge in [-0.15, -0.1) is 0 Å². The minimum Gasteiger partial charge on any atom is -0.492 e. The van der Waals surface area contributed by atoms with E-state index in [2.05, 4.69) is 24.5 Å². The van der Waals surface area contributed by atoms with Gasteiger partial charge in [-0.25, -0.2) is 0 Å². The minimum absolute atomic E-state index is 0.232. The van der Waals surface area contributed by atoms with Gasteiger partial charge in [0.2, 0.25) is 0 Å². The fourth-order valence-electron chi connectivity index (χ4n) is 4.46. The molecule has 0 spiro atoms. The number of carbonyl (C=O) groups excluding carboxylic acids is 2. The van der Waals surface area contributed by atoms with Crippen LogP contribution in [0.15, 0.2) is 41.3 Å². The highest BCUT2D eigenvalue weighted by molar-refractivity contribution is 8.18. The summed E-state index contributed by atoms with van der Waals surface area (Å²) in [6.45, 7) is 4.78. The van der Waals surface area contributed by atoms with Crippen molar-refractivity contribution in [3.05, 3.63) is 58.3 Å². The molecule has 30 heavy (non-hydrogen) atoms. The predicted molar refractivity (Wildman–Crippen MR) is 121 cm³/mol. The molecular formula is C24H28N2O3S. The summed E-state index contributed by atoms with van der Waals surface area (Å²) >= 11 is 1.02. The Bertz CT molecular complexity index is 958. The van der Waals surface area contributed by atoms with Crippen molar-refractivity contribution < 1.29 is 14.3 Å². The van der Waals surface area contributed by atoms with Crippen molar-refractivity contribution in [2.24, 2.45) is 0 Å². The van der Waals surface area contributed by atoms with Crippen LogP contribution in [0.2, 0.25) is 0 Å². The van der Waals surface area contributed by atoms with Crippen molar-refractivity contribution in [2.75, 3.05) is 13.2 Å². The quantitative estimate of drug-likeness (QED) is 0.556. The van der Waals surface area contributed by atoms with Crippen molar-refractivity contribution in [3.63, 3.8) is 0 Å². The number of nitrogens with zero attached hydrogens (tertiary/aromatic N) is 2. The Morgan fingerprint density at radius 1 is 1.10 bits per heavy atom. The molecule has 2 fully saturated rings. The first kappa shape index (κ1) is 20.8. The molecule has 1 saturated carbocycles. The first-order chi connectivity index (χ1) is 14.5. The Hall–Kier alpha value is -2.47. The number of carbonyl (C=O) groups is 2. The molecule has 6 heteroatoms. The second kappa shape index (κ2) is 9.13. The molecule has 0 radical (unpaired) electrons. The number of hydrogen-bond donors (Lipinski definition) is 0. The smallest absolute Gasteiger partial charge is 0.293 e. The fraction of sp³-hybridized carbons (Fsp3) is 0.417. The molecule has 2 heterocycles. The molecule has 158 valence electrons. The molecule has 2 amide bonds. The van der Waals surface area contributed by atoms with Gasteiger partial charge in [0.05, 0.1) is 11.4 Å². The monoisotopic (exact) mass is 424 g/mol. The number of ether oxygens (including phenoxy) is 1. The van der Waals surface area contributed by atoms with Crippen molar-refractivity contribution in [1.82, 2.24) is 9.47 Å². The van der Waals surface area contributed by atoms with E-state index in [1.54, 1.807) is 0 Å². The number of thioether (sulfide) groups is 1. The van der Waals surface area contributed by atoms with Crippen LogP contribution in [-0.2, 0) is 4.79 Å². The van der Waals surface area contributed by atoms with Gasteiger partial charge in [0.1, 0.15) is 12.4 Å². The summed E-state index contributed by atoms with van der Waals surface area (Å²) in [5.41, 5.74) is 3.43. The number of aryl methyl sites for hydroxylation is 1. The number of rotatable bonds is 6. The van der Waals surface area contributed by atoms with E-state index in [1.807, 2.05) is 36.4 Å². The summed E-state index contributed by atoms with van der Waals surface area (Å²) in [6.07, 6.45) is 8.19. The Kier molecular flexibility index (Phi) is 6.32. The molecule has 1 saturated heterocycles. The number of amides is 2. The van der Waals surface area contributed by atoms with E-state index >= 15 is 0 Å². The highest BCUT2D eigenvalue weighted by atomic mass is 32.2. The molecule has 1 aliphatic heterocycles. The third kappa shape index (κ3) is 4.33. The molecule has 0 atom stereocenters. The van der Waals surface area contributed by atoms with Crippen molar-refractivity contribution >= 4 is 29.0 Å². The van der Waals surface area contributed by atoms with Crippen LogP contribution in [0.3, 0.4) is 0 Å². The van der Waals surface area contributed by atoms with Crippen LogP contribution in [0.5, 0.6) is 5.75 Å². The summed E-state index contributed by atoms with van der Waals surface area (Å²) in [4.78, 5) is 27.0. The van der Waals surface area contributed by atoms with Crippen LogP contribution < -0.4 is 4.74 Å². The summed E-state index contributed by atoms with van der Waals surface area (Å²) in [5.74, 6) is 0.499. The van der Waals surface area contributed by atoms with Crippen LogP contribution in [0.25, 0.3) is 6.08 Å². The highest BCUT2D eigenvalue weighted by Gasteiger charge is 2.35. The number of benzene rings is 1. The number of aromatic nitrogens is 1. The van der Waals surface area contributed by atoms with Gasteiger partial charge in [-0.3, -0.25) is 14.5 Å². The van der Waals surface area contributed by atoms with Gasteiger partial charge >= 0.3 is 0 Å². The van der Waals surface area contributed by atoms with Gasteiger partial charge in [0.15, 0.2) is 0 Å². The molecule has 1 aromatic heterocycles. The zero-order valence-corrected chi connectivity index (χ0v) is 18.4. The van der Waals surface area contributed by atoms with Crippen LogP contribution in [0, 0.1) is 13.8 Å². The Labute approximate surface area is 182 Å². The third-order valence-corrected chi connectivity index (χ3v) is 6.86. The standard InChI is InChI=1S/C24H28N2O3S/c1-17-15-19(18(2)26(17)20-9-5-3-6-10-20)16-22-23(27)25(24(28)30-22)13-14-29-21-11-7-4-8-12-21/h4,7-8,11-12,15-16,20H,3,5-6,9-10,13-14H2,1-2H3/b22-16-. The lowest BCUT2D eigenvalue weighted by atomic mass is 9.95. The van der Waals surface area contributed by atoms with E-state index < -0.39 is 0 Å². The molecule has 0 unspecified atom stereocenters. The van der Waals surface area contributed by atoms with Crippen molar-refractivity contribution in [1.29, 1.82) is 0 Å². The molecule has 2 aliphatic rings. The van der Waals surface area contributed by atoms with Gasteiger partial charge in [-0.2, -0.15) is 0 Å². The summed E-state index contributed by atoms with van der Waals surface area (Å²) < 4.78 is 8.06. The average molecular weight is 425 g/mol. The van der Waals surface area contributed by atoms with E-state index in [4.69, 9.17) is 4.74 Å². The summed E-state index contributed by atoms with van der Waals surface area (Å²) in [6, 6.07) is 12.1. The SMILES string of the molecule is Cc1cc(/C=C2\SC(=O)N(CCOc3ccccc3)C2=O)c(C)n1C1CCCCC1. The topological polar surface area (TPSA) is 51.5 Å². The van der Waals surface area contributed by atoms with Gasteiger partial charge in [-0.05, 0) is 68.3 Å². The van der Waals surface area contributed by atoms with E-state index in [-0.39, 0.29) is 24.3 Å². The first-order valence-corrected chi connectivity index (χ1v) is 11.5. The summed E-state index contributed by atoms with van der Waals surface area (Å²) in [7, 11) is 0. The van der Waals surface area contributed by atoms with Crippen LogP contribution >= 0.6 is 11.8 Å². The maximum Gasteiger partial charge on any atom is 0.293 e. The van der Waals surface area contributed by atoms with Gasteiger partial charge in [-0.1, -0.05) is 37.5 Å². The number of imide groups is 1. The highest BCUT2D eigenvalue weighted by Crippen LogP contribution is 2.36. The number of hydrogen-bond acceptors (Lipinski definition) is 4. The lowest BCUT2D eigenvalue weighted by Gasteiger charge is -2.26. The van der Waals surface area contributed by atoms with Crippen molar-refractivity contribution in [3.8, 4) is 5.75 Å². The molecule has 2 aromatic rings. The van der Waals surface area contributed by atoms with E-state index in [0.717, 1.165) is 23.1 Å². The molecule has 1 aliphatic carbocycles. The Morgan fingerprint density at radius 2 is 1.83 bits per heavy atom. The first-order valence-electron chi connectivity index (χ1n) is 10.7. The second-order valence-corrected chi connectivity index (χ2v) is 8.98. The summed E-state index contributed by atoms with van der Waals surface area (Å²) in [5, 5.41) is -0.232. The lowest BCUT2D eigenvalue weighted by molar-refractivity contribution is -0.123. The second-order valence-electron chi connectivity index (χ2n) is 7.98. The Balaban J connectivity index is 1.45. The van der Waals surface area contributed by atoms with Crippen LogP contribution in [0.4, 0.5) is 4.79 Å². The maximum atomic E-state index is 12.8. The third-order valence-electron chi connectivity index (χ3n) is 5.95. The minimum atomic E-state index is -0.232. The normalized spacial score (nSPS) is 19.1. The van der Waals surface area contributed by atoms with Gasteiger partial charge in [0.25, 0.3) is 11.1 Å². The van der Waals surface area contributed by atoms with Gasteiger partial charge in [0, 0.05) is 17.4 Å². The largest absolute Gasteiger partial charge is 0.492 e. The average Bonchev–Trinajstić information content (AvgIpc) is 3.18. The maximum absolute atomic E-state index is 12.8. The molecule has 5 nitrogen and oxygen atoms in total. The van der Waals surface area contributed by atoms with E-state index in [0.29, 0.717) is 10.9 Å². The zero-order valence-electron chi connectivity index (χ0n) is 17.6. The molecule has 1 aromatic carbocycles. The fourth-order valence-corrected chi connectivity index (χ4v) is 5.31. The number of para-hydroxylation sites is 1. The lowest BCUT2D eigenvalue weighted by Crippen LogP contribution is -2.32. The van der Waals surface area contributed by atoms with Crippen molar-refractivity contribution in [2.45, 2.75) is 52.0 Å². The van der Waals surface area contributed by atoms with E-state index in [1.165, 1.54) is 48.4 Å². The van der Waals surface area contributed by atoms with Gasteiger partial charge < -0.3 is 9.30 Å². The zero-order chi connectivity index (χ0) is 21.1.